The maximum absolute atomic E-state index is 12.7. The molecule has 3 rings (SSSR count). The van der Waals surface area contributed by atoms with Gasteiger partial charge in [-0.2, -0.15) is 0 Å². The molecule has 2 aromatic carbocycles. The number of benzene rings is 2. The van der Waals surface area contributed by atoms with Gasteiger partial charge in [-0.3, -0.25) is 14.5 Å². The summed E-state index contributed by atoms with van der Waals surface area (Å²) in [5.41, 5.74) is 1.91. The Labute approximate surface area is 170 Å². The van der Waals surface area contributed by atoms with E-state index in [0.29, 0.717) is 30.3 Å². The van der Waals surface area contributed by atoms with Gasteiger partial charge in [-0.05, 0) is 30.7 Å². The molecule has 0 radical (unpaired) electrons. The predicted molar refractivity (Wildman–Crippen MR) is 109 cm³/mol. The quantitative estimate of drug-likeness (QED) is 0.569. The van der Waals surface area contributed by atoms with Gasteiger partial charge >= 0.3 is 5.97 Å². The number of esters is 1. The first-order valence-corrected chi connectivity index (χ1v) is 9.83. The second kappa shape index (κ2) is 9.22. The zero-order chi connectivity index (χ0) is 20.1. The molecule has 0 aromatic heterocycles. The number of ether oxygens (including phenoxy) is 1. The number of hydrogen-bond donors (Lipinski definition) is 0. The lowest BCUT2D eigenvalue weighted by Gasteiger charge is -2.40. The van der Waals surface area contributed by atoms with Crippen LogP contribution >= 0.6 is 11.6 Å². The maximum Gasteiger partial charge on any atom is 0.308 e. The summed E-state index contributed by atoms with van der Waals surface area (Å²) >= 11 is 6.13. The number of piperazine rings is 1. The molecule has 1 fully saturated rings. The summed E-state index contributed by atoms with van der Waals surface area (Å²) in [6.07, 6.45) is 0.427. The Balaban J connectivity index is 1.62. The molecular formula is C22H25ClN2O3. The van der Waals surface area contributed by atoms with Crippen LogP contribution in [0.5, 0.6) is 5.75 Å². The van der Waals surface area contributed by atoms with Crippen LogP contribution < -0.4 is 4.74 Å². The van der Waals surface area contributed by atoms with Gasteiger partial charge in [-0.25, -0.2) is 0 Å². The fourth-order valence-corrected chi connectivity index (χ4v) is 3.78. The molecule has 148 valence electrons. The summed E-state index contributed by atoms with van der Waals surface area (Å²) in [7, 11) is 0. The van der Waals surface area contributed by atoms with E-state index in [4.69, 9.17) is 16.3 Å². The van der Waals surface area contributed by atoms with Gasteiger partial charge in [0, 0.05) is 49.7 Å². The number of hydrogen-bond acceptors (Lipinski definition) is 4. The smallest absolute Gasteiger partial charge is 0.308 e. The Morgan fingerprint density at radius 3 is 2.57 bits per heavy atom. The Morgan fingerprint density at radius 1 is 1.14 bits per heavy atom. The summed E-state index contributed by atoms with van der Waals surface area (Å²) in [6.45, 7) is 6.27. The SMILES string of the molecule is CC(=O)Oc1ccc(Cl)cc1CN1CCN(C(=O)Cc2ccccc2)[C@@H](C)C1. The highest BCUT2D eigenvalue weighted by Gasteiger charge is 2.27. The standard InChI is InChI=1S/C22H25ClN2O3/c1-16-14-24(15-19-13-20(23)8-9-21(19)28-17(2)26)10-11-25(16)22(27)12-18-6-4-3-5-7-18/h3-9,13,16H,10-12,14-15H2,1-2H3/t16-/m0/s1. The van der Waals surface area contributed by atoms with Crippen molar-refractivity contribution in [2.45, 2.75) is 32.9 Å². The summed E-state index contributed by atoms with van der Waals surface area (Å²) in [5, 5.41) is 0.607. The summed E-state index contributed by atoms with van der Waals surface area (Å²) in [6, 6.07) is 15.2. The number of carbonyl (C=O) groups is 2. The van der Waals surface area contributed by atoms with Crippen LogP contribution in [-0.2, 0) is 22.6 Å². The topological polar surface area (TPSA) is 49.9 Å². The molecule has 1 atom stereocenters. The minimum atomic E-state index is -0.353. The first kappa shape index (κ1) is 20.4. The molecule has 0 spiro atoms. The van der Waals surface area contributed by atoms with Gasteiger partial charge < -0.3 is 9.64 Å². The third-order valence-corrected chi connectivity index (χ3v) is 5.14. The van der Waals surface area contributed by atoms with Crippen molar-refractivity contribution in [1.82, 2.24) is 9.80 Å². The highest BCUT2D eigenvalue weighted by molar-refractivity contribution is 6.30. The molecule has 28 heavy (non-hydrogen) atoms. The Bertz CT molecular complexity index is 841. The fraction of sp³-hybridized carbons (Fsp3) is 0.364. The van der Waals surface area contributed by atoms with Gasteiger partial charge in [0.2, 0.25) is 5.91 Å². The van der Waals surface area contributed by atoms with E-state index in [1.807, 2.05) is 41.3 Å². The lowest BCUT2D eigenvalue weighted by Crippen LogP contribution is -2.54. The molecule has 6 heteroatoms. The van der Waals surface area contributed by atoms with Gasteiger partial charge in [-0.15, -0.1) is 0 Å². The van der Waals surface area contributed by atoms with Gasteiger partial charge in [0.1, 0.15) is 5.75 Å². The van der Waals surface area contributed by atoms with Gasteiger partial charge in [0.05, 0.1) is 6.42 Å². The third-order valence-electron chi connectivity index (χ3n) is 4.90. The fourth-order valence-electron chi connectivity index (χ4n) is 3.59. The van der Waals surface area contributed by atoms with Crippen molar-refractivity contribution in [2.75, 3.05) is 19.6 Å². The summed E-state index contributed by atoms with van der Waals surface area (Å²) in [4.78, 5) is 28.3. The molecule has 0 saturated carbocycles. The molecule has 1 heterocycles. The summed E-state index contributed by atoms with van der Waals surface area (Å²) in [5.74, 6) is 0.335. The minimum Gasteiger partial charge on any atom is -0.426 e. The predicted octanol–water partition coefficient (Wildman–Crippen LogP) is 3.54. The van der Waals surface area contributed by atoms with Crippen LogP contribution in [0.2, 0.25) is 5.02 Å². The van der Waals surface area contributed by atoms with Crippen LogP contribution in [0.1, 0.15) is 25.0 Å². The molecule has 1 saturated heterocycles. The van der Waals surface area contributed by atoms with E-state index in [0.717, 1.165) is 24.2 Å². The molecule has 0 aliphatic carbocycles. The molecule has 0 N–H and O–H groups in total. The maximum atomic E-state index is 12.7. The Kier molecular flexibility index (Phi) is 6.70. The van der Waals surface area contributed by atoms with E-state index >= 15 is 0 Å². The van der Waals surface area contributed by atoms with Gasteiger partial charge in [0.25, 0.3) is 0 Å². The second-order valence-corrected chi connectivity index (χ2v) is 7.62. The number of carbonyl (C=O) groups excluding carboxylic acids is 2. The molecule has 1 aliphatic heterocycles. The van der Waals surface area contributed by atoms with Crippen LogP contribution in [0, 0.1) is 0 Å². The first-order valence-electron chi connectivity index (χ1n) is 9.45. The third kappa shape index (κ3) is 5.33. The number of halogens is 1. The van der Waals surface area contributed by atoms with Crippen LogP contribution in [-0.4, -0.2) is 47.4 Å². The lowest BCUT2D eigenvalue weighted by molar-refractivity contribution is -0.135. The Hall–Kier alpha value is -2.37. The van der Waals surface area contributed by atoms with Crippen molar-refractivity contribution < 1.29 is 14.3 Å². The molecule has 2 aromatic rings. The van der Waals surface area contributed by atoms with Crippen LogP contribution in [0.15, 0.2) is 48.5 Å². The largest absolute Gasteiger partial charge is 0.426 e. The van der Waals surface area contributed by atoms with E-state index in [1.165, 1.54) is 6.92 Å². The normalized spacial score (nSPS) is 17.4. The van der Waals surface area contributed by atoms with Crippen LogP contribution in [0.25, 0.3) is 0 Å². The number of amides is 1. The molecule has 0 unspecified atom stereocenters. The van der Waals surface area contributed by atoms with Crippen molar-refractivity contribution in [3.63, 3.8) is 0 Å². The zero-order valence-electron chi connectivity index (χ0n) is 16.2. The van der Waals surface area contributed by atoms with Crippen LogP contribution in [0.4, 0.5) is 0 Å². The lowest BCUT2D eigenvalue weighted by atomic mass is 10.1. The van der Waals surface area contributed by atoms with E-state index in [2.05, 4.69) is 11.8 Å². The zero-order valence-corrected chi connectivity index (χ0v) is 17.0. The summed E-state index contributed by atoms with van der Waals surface area (Å²) < 4.78 is 5.31. The van der Waals surface area contributed by atoms with Crippen molar-refractivity contribution in [3.05, 3.63) is 64.7 Å². The van der Waals surface area contributed by atoms with Crippen LogP contribution in [0.3, 0.4) is 0 Å². The molecule has 1 amide bonds. The Morgan fingerprint density at radius 2 is 1.89 bits per heavy atom. The van der Waals surface area contributed by atoms with E-state index < -0.39 is 0 Å². The van der Waals surface area contributed by atoms with Crippen molar-refractivity contribution >= 4 is 23.5 Å². The van der Waals surface area contributed by atoms with Crippen molar-refractivity contribution in [3.8, 4) is 5.75 Å². The van der Waals surface area contributed by atoms with E-state index in [9.17, 15) is 9.59 Å². The second-order valence-electron chi connectivity index (χ2n) is 7.18. The number of rotatable bonds is 5. The van der Waals surface area contributed by atoms with Gasteiger partial charge in [0.15, 0.2) is 0 Å². The van der Waals surface area contributed by atoms with Crippen molar-refractivity contribution in [1.29, 1.82) is 0 Å². The molecule has 0 bridgehead atoms. The van der Waals surface area contributed by atoms with Gasteiger partial charge in [-0.1, -0.05) is 41.9 Å². The first-order chi connectivity index (χ1) is 13.4. The highest BCUT2D eigenvalue weighted by Crippen LogP contribution is 2.26. The average molecular weight is 401 g/mol. The van der Waals surface area contributed by atoms with E-state index in [-0.39, 0.29) is 17.9 Å². The highest BCUT2D eigenvalue weighted by atomic mass is 35.5. The minimum absolute atomic E-state index is 0.112. The molecule has 5 nitrogen and oxygen atoms in total. The molecular weight excluding hydrogens is 376 g/mol. The van der Waals surface area contributed by atoms with E-state index in [1.54, 1.807) is 12.1 Å². The average Bonchev–Trinajstić information content (AvgIpc) is 2.64. The monoisotopic (exact) mass is 400 g/mol. The molecule has 1 aliphatic rings. The number of nitrogens with zero attached hydrogens (tertiary/aromatic N) is 2. The van der Waals surface area contributed by atoms with Crippen molar-refractivity contribution in [2.24, 2.45) is 0 Å².